The quantitative estimate of drug-likeness (QED) is 0.576. The second-order valence-electron chi connectivity index (χ2n) is 6.14. The van der Waals surface area contributed by atoms with E-state index in [1.165, 1.54) is 13.2 Å². The fraction of sp³-hybridized carbons (Fsp3) is 0.381. The minimum atomic E-state index is -4.53. The summed E-state index contributed by atoms with van der Waals surface area (Å²) in [7, 11) is 1.49. The Morgan fingerprint density at radius 1 is 1.03 bits per heavy atom. The molecule has 0 aromatic heterocycles. The van der Waals surface area contributed by atoms with Crippen LogP contribution in [-0.4, -0.2) is 32.8 Å². The maximum atomic E-state index is 13.0. The number of anilines is 1. The van der Waals surface area contributed by atoms with Crippen molar-refractivity contribution in [3.05, 3.63) is 53.6 Å². The summed E-state index contributed by atoms with van der Waals surface area (Å²) >= 11 is 0. The van der Waals surface area contributed by atoms with Crippen LogP contribution in [0.1, 0.15) is 24.5 Å². The van der Waals surface area contributed by atoms with Crippen molar-refractivity contribution in [3.8, 4) is 11.5 Å². The van der Waals surface area contributed by atoms with Gasteiger partial charge < -0.3 is 19.5 Å². The summed E-state index contributed by atoms with van der Waals surface area (Å²) in [5.74, 6) is 0.413. The highest BCUT2D eigenvalue weighted by Crippen LogP contribution is 2.35. The molecule has 0 aliphatic heterocycles. The van der Waals surface area contributed by atoms with Crippen molar-refractivity contribution in [1.29, 1.82) is 0 Å². The molecule has 0 heterocycles. The van der Waals surface area contributed by atoms with Gasteiger partial charge in [0.15, 0.2) is 0 Å². The lowest BCUT2D eigenvalue weighted by Crippen LogP contribution is -2.16. The molecule has 0 aliphatic rings. The highest BCUT2D eigenvalue weighted by molar-refractivity contribution is 5.92. The fourth-order valence-corrected chi connectivity index (χ4v) is 2.63. The third-order valence-corrected chi connectivity index (χ3v) is 4.02. The minimum absolute atomic E-state index is 0.0287. The van der Waals surface area contributed by atoms with Gasteiger partial charge in [0.25, 0.3) is 0 Å². The van der Waals surface area contributed by atoms with Crippen molar-refractivity contribution >= 4 is 11.6 Å². The number of halogens is 3. The molecule has 0 spiro atoms. The number of carbonyl (C=O) groups is 1. The number of benzene rings is 2. The first-order valence-electron chi connectivity index (χ1n) is 9.18. The minimum Gasteiger partial charge on any atom is -0.494 e. The standard InChI is InChI=1S/C21H24F3NO4/c1-3-28-18-7-5-4-6-15(18)8-11-20(26)25-17-14-16(21(22,23)24)9-10-19(17)29-13-12-27-2/h4-7,9-10,14H,3,8,11-13H2,1-2H3,(H,25,26). The number of nitrogens with one attached hydrogen (secondary N) is 1. The van der Waals surface area contributed by atoms with Crippen molar-refractivity contribution in [3.63, 3.8) is 0 Å². The zero-order valence-electron chi connectivity index (χ0n) is 16.3. The van der Waals surface area contributed by atoms with Gasteiger partial charge in [-0.3, -0.25) is 4.79 Å². The van der Waals surface area contributed by atoms with Crippen LogP contribution in [0.25, 0.3) is 0 Å². The number of para-hydroxylation sites is 1. The van der Waals surface area contributed by atoms with Crippen LogP contribution in [0.3, 0.4) is 0 Å². The molecular formula is C21H24F3NO4. The highest BCUT2D eigenvalue weighted by atomic mass is 19.4. The van der Waals surface area contributed by atoms with Crippen molar-refractivity contribution in [2.75, 3.05) is 32.2 Å². The van der Waals surface area contributed by atoms with E-state index in [1.807, 2.05) is 31.2 Å². The SMILES string of the molecule is CCOc1ccccc1CCC(=O)Nc1cc(C(F)(F)F)ccc1OCCOC. The Kier molecular flexibility index (Phi) is 8.33. The molecule has 0 saturated carbocycles. The third kappa shape index (κ3) is 6.98. The second kappa shape index (κ2) is 10.7. The lowest BCUT2D eigenvalue weighted by molar-refractivity contribution is -0.137. The van der Waals surface area contributed by atoms with Crippen molar-refractivity contribution < 1.29 is 32.2 Å². The molecule has 0 saturated heterocycles. The molecule has 158 valence electrons. The van der Waals surface area contributed by atoms with Gasteiger partial charge in [0, 0.05) is 13.5 Å². The number of rotatable bonds is 10. The number of alkyl halides is 3. The molecule has 0 radical (unpaired) electrons. The molecule has 0 aliphatic carbocycles. The molecule has 8 heteroatoms. The van der Waals surface area contributed by atoms with Crippen LogP contribution in [0.2, 0.25) is 0 Å². The van der Waals surface area contributed by atoms with E-state index in [4.69, 9.17) is 14.2 Å². The number of aryl methyl sites for hydroxylation is 1. The van der Waals surface area contributed by atoms with Crippen molar-refractivity contribution in [2.45, 2.75) is 25.9 Å². The van der Waals surface area contributed by atoms with E-state index in [0.29, 0.717) is 18.8 Å². The molecule has 2 rings (SSSR count). The van der Waals surface area contributed by atoms with Crippen LogP contribution >= 0.6 is 0 Å². The van der Waals surface area contributed by atoms with E-state index in [9.17, 15) is 18.0 Å². The summed E-state index contributed by atoms with van der Waals surface area (Å²) in [6, 6.07) is 10.3. The molecule has 0 fully saturated rings. The second-order valence-corrected chi connectivity index (χ2v) is 6.14. The Balaban J connectivity index is 2.10. The summed E-state index contributed by atoms with van der Waals surface area (Å²) in [5, 5.41) is 2.53. The smallest absolute Gasteiger partial charge is 0.416 e. The van der Waals surface area contributed by atoms with Crippen LogP contribution in [-0.2, 0) is 22.1 Å². The molecule has 0 unspecified atom stereocenters. The number of amides is 1. The largest absolute Gasteiger partial charge is 0.494 e. The topological polar surface area (TPSA) is 56.8 Å². The molecule has 2 aromatic rings. The van der Waals surface area contributed by atoms with Crippen LogP contribution in [0.5, 0.6) is 11.5 Å². The monoisotopic (exact) mass is 411 g/mol. The van der Waals surface area contributed by atoms with Gasteiger partial charge in [0.1, 0.15) is 18.1 Å². The van der Waals surface area contributed by atoms with Crippen LogP contribution < -0.4 is 14.8 Å². The van der Waals surface area contributed by atoms with Crippen LogP contribution in [0.4, 0.5) is 18.9 Å². The van der Waals surface area contributed by atoms with Gasteiger partial charge in [0.2, 0.25) is 5.91 Å². The van der Waals surface area contributed by atoms with Crippen LogP contribution in [0.15, 0.2) is 42.5 Å². The summed E-state index contributed by atoms with van der Waals surface area (Å²) in [4.78, 5) is 12.4. The Bertz CT molecular complexity index is 809. The number of methoxy groups -OCH3 is 1. The maximum Gasteiger partial charge on any atom is 0.416 e. The fourth-order valence-electron chi connectivity index (χ4n) is 2.63. The third-order valence-electron chi connectivity index (χ3n) is 4.02. The Hall–Kier alpha value is -2.74. The van der Waals surface area contributed by atoms with Gasteiger partial charge in [-0.2, -0.15) is 13.2 Å². The van der Waals surface area contributed by atoms with E-state index >= 15 is 0 Å². The Morgan fingerprint density at radius 3 is 2.48 bits per heavy atom. The zero-order valence-corrected chi connectivity index (χ0v) is 16.3. The summed E-state index contributed by atoms with van der Waals surface area (Å²) in [6.07, 6.45) is -4.06. The maximum absolute atomic E-state index is 13.0. The first-order chi connectivity index (χ1) is 13.8. The van der Waals surface area contributed by atoms with Gasteiger partial charge in [0.05, 0.1) is 24.5 Å². The molecule has 1 amide bonds. The number of ether oxygens (including phenoxy) is 3. The number of hydrogen-bond donors (Lipinski definition) is 1. The van der Waals surface area contributed by atoms with Gasteiger partial charge in [-0.15, -0.1) is 0 Å². The summed E-state index contributed by atoms with van der Waals surface area (Å²) < 4.78 is 55.0. The molecule has 5 nitrogen and oxygen atoms in total. The van der Waals surface area contributed by atoms with E-state index in [1.54, 1.807) is 0 Å². The molecule has 2 aromatic carbocycles. The Labute approximate surface area is 167 Å². The summed E-state index contributed by atoms with van der Waals surface area (Å²) in [5.41, 5.74) is -0.0438. The molecule has 1 N–H and O–H groups in total. The highest BCUT2D eigenvalue weighted by Gasteiger charge is 2.31. The first-order valence-corrected chi connectivity index (χ1v) is 9.18. The van der Waals surface area contributed by atoms with Gasteiger partial charge in [-0.05, 0) is 43.2 Å². The molecular weight excluding hydrogens is 387 g/mol. The number of carbonyl (C=O) groups excluding carboxylic acids is 1. The normalized spacial score (nSPS) is 11.2. The lowest BCUT2D eigenvalue weighted by atomic mass is 10.1. The predicted molar refractivity (Wildman–Crippen MR) is 103 cm³/mol. The van der Waals surface area contributed by atoms with Gasteiger partial charge in [-0.25, -0.2) is 0 Å². The van der Waals surface area contributed by atoms with E-state index in [2.05, 4.69) is 5.32 Å². The van der Waals surface area contributed by atoms with E-state index in [0.717, 1.165) is 17.7 Å². The predicted octanol–water partition coefficient (Wildman–Crippen LogP) is 4.70. The Morgan fingerprint density at radius 2 is 1.79 bits per heavy atom. The lowest BCUT2D eigenvalue weighted by Gasteiger charge is -2.15. The first kappa shape index (κ1) is 22.5. The van der Waals surface area contributed by atoms with Gasteiger partial charge >= 0.3 is 6.18 Å². The average molecular weight is 411 g/mol. The average Bonchev–Trinajstić information content (AvgIpc) is 2.68. The molecule has 29 heavy (non-hydrogen) atoms. The number of hydrogen-bond acceptors (Lipinski definition) is 4. The molecule has 0 atom stereocenters. The van der Waals surface area contributed by atoms with E-state index < -0.39 is 17.6 Å². The van der Waals surface area contributed by atoms with Crippen LogP contribution in [0, 0.1) is 0 Å². The molecule has 0 bridgehead atoms. The summed E-state index contributed by atoms with van der Waals surface area (Å²) in [6.45, 7) is 2.77. The van der Waals surface area contributed by atoms with Crippen molar-refractivity contribution in [2.24, 2.45) is 0 Å². The van der Waals surface area contributed by atoms with Crippen molar-refractivity contribution in [1.82, 2.24) is 0 Å². The zero-order chi connectivity index (χ0) is 21.3. The van der Waals surface area contributed by atoms with E-state index in [-0.39, 0.29) is 31.1 Å². The van der Waals surface area contributed by atoms with Gasteiger partial charge in [-0.1, -0.05) is 18.2 Å².